The van der Waals surface area contributed by atoms with E-state index in [1.54, 1.807) is 0 Å². The van der Waals surface area contributed by atoms with Crippen LogP contribution < -0.4 is 0 Å². The third kappa shape index (κ3) is 3.72. The molecule has 0 saturated heterocycles. The van der Waals surface area contributed by atoms with E-state index in [0.717, 1.165) is 13.2 Å². The van der Waals surface area contributed by atoms with E-state index in [0.29, 0.717) is 0 Å². The van der Waals surface area contributed by atoms with Crippen LogP contribution in [-0.4, -0.2) is 30.7 Å². The molecule has 0 rings (SSSR count). The zero-order chi connectivity index (χ0) is 12.9. The molecule has 0 aromatic rings. The number of carbonyl (C=O) groups excluding carboxylic acids is 1. The number of hydrogen-bond acceptors (Lipinski definition) is 5. The fraction of sp³-hybridized carbons (Fsp3) is 0.714. The summed E-state index contributed by atoms with van der Waals surface area (Å²) in [6.45, 7) is -1.54. The highest BCUT2D eigenvalue weighted by Gasteiger charge is 2.51. The van der Waals surface area contributed by atoms with Crippen molar-refractivity contribution in [2.24, 2.45) is 11.8 Å². The number of esters is 1. The Hall–Kier alpha value is -1.85. The van der Waals surface area contributed by atoms with E-state index in [-0.39, 0.29) is 0 Å². The van der Waals surface area contributed by atoms with Crippen LogP contribution >= 0.6 is 0 Å². The normalized spacial score (nSPS) is 14.7. The maximum Gasteiger partial charge on any atom is 0.399 e. The minimum atomic E-state index is -5.01. The number of alkyl halides is 3. The summed E-state index contributed by atoms with van der Waals surface area (Å²) in [7, 11) is 0.798. The predicted octanol–water partition coefficient (Wildman–Crippen LogP) is 0.754. The molecule has 9 heteroatoms. The van der Waals surface area contributed by atoms with Gasteiger partial charge in [0.2, 0.25) is 6.54 Å². The van der Waals surface area contributed by atoms with Gasteiger partial charge in [-0.15, -0.1) is 0 Å². The van der Waals surface area contributed by atoms with Gasteiger partial charge in [0.1, 0.15) is 5.92 Å². The second-order valence-corrected chi connectivity index (χ2v) is 2.79. The first-order valence-corrected chi connectivity index (χ1v) is 3.90. The van der Waals surface area contributed by atoms with Crippen LogP contribution in [0.1, 0.15) is 0 Å². The van der Waals surface area contributed by atoms with Gasteiger partial charge in [-0.1, -0.05) is 0 Å². The van der Waals surface area contributed by atoms with Gasteiger partial charge in [-0.2, -0.15) is 18.4 Å². The highest BCUT2D eigenvalue weighted by molar-refractivity contribution is 5.75. The molecule has 0 heterocycles. The maximum absolute atomic E-state index is 12.4. The minimum Gasteiger partial charge on any atom is -0.468 e. The Morgan fingerprint density at radius 3 is 2.38 bits per heavy atom. The predicted molar refractivity (Wildman–Crippen MR) is 42.5 cm³/mol. The summed E-state index contributed by atoms with van der Waals surface area (Å²) in [6, 6.07) is 1.07. The Morgan fingerprint density at radius 1 is 1.62 bits per heavy atom. The van der Waals surface area contributed by atoms with Crippen molar-refractivity contribution >= 4 is 5.97 Å². The lowest BCUT2D eigenvalue weighted by atomic mass is 9.93. The molecule has 0 bridgehead atoms. The molecule has 0 amide bonds. The number of methoxy groups -OCH3 is 1. The number of hydrogen-bond donors (Lipinski definition) is 0. The lowest BCUT2D eigenvalue weighted by molar-refractivity contribution is -0.498. The van der Waals surface area contributed by atoms with E-state index in [2.05, 4.69) is 4.74 Å². The molecule has 0 radical (unpaired) electrons. The van der Waals surface area contributed by atoms with Crippen molar-refractivity contribution in [2.45, 2.75) is 6.18 Å². The molecular weight excluding hydrogens is 233 g/mol. The van der Waals surface area contributed by atoms with Gasteiger partial charge in [0.25, 0.3) is 0 Å². The number of ether oxygens (including phenoxy) is 1. The monoisotopic (exact) mass is 240 g/mol. The lowest BCUT2D eigenvalue weighted by Crippen LogP contribution is -2.39. The second-order valence-electron chi connectivity index (χ2n) is 2.79. The van der Waals surface area contributed by atoms with E-state index in [1.165, 1.54) is 0 Å². The van der Waals surface area contributed by atoms with Crippen molar-refractivity contribution < 1.29 is 27.6 Å². The molecule has 0 aromatic carbocycles. The van der Waals surface area contributed by atoms with Crippen LogP contribution in [0.3, 0.4) is 0 Å². The summed E-state index contributed by atoms with van der Waals surface area (Å²) in [5.41, 5.74) is 0. The van der Waals surface area contributed by atoms with Gasteiger partial charge in [0.15, 0.2) is 5.92 Å². The Balaban J connectivity index is 5.08. The number of carbonyl (C=O) groups is 1. The Kier molecular flexibility index (Phi) is 4.68. The van der Waals surface area contributed by atoms with Crippen molar-refractivity contribution in [3.8, 4) is 6.07 Å². The van der Waals surface area contributed by atoms with Crippen LogP contribution in [0.5, 0.6) is 0 Å². The number of nitriles is 1. The molecule has 0 aliphatic rings. The Labute approximate surface area is 87.7 Å². The number of rotatable bonds is 4. The SMILES string of the molecule is COC(=O)C(C#N)C(C[N+](=O)[O-])C(F)(F)F. The Morgan fingerprint density at radius 2 is 2.12 bits per heavy atom. The maximum atomic E-state index is 12.4. The molecule has 16 heavy (non-hydrogen) atoms. The van der Waals surface area contributed by atoms with Crippen molar-refractivity contribution in [3.63, 3.8) is 0 Å². The fourth-order valence-corrected chi connectivity index (χ4v) is 0.992. The largest absolute Gasteiger partial charge is 0.468 e. The highest BCUT2D eigenvalue weighted by atomic mass is 19.4. The first-order chi connectivity index (χ1) is 7.23. The van der Waals surface area contributed by atoms with Crippen LogP contribution in [0, 0.1) is 33.3 Å². The smallest absolute Gasteiger partial charge is 0.399 e. The van der Waals surface area contributed by atoms with Crippen molar-refractivity contribution in [1.29, 1.82) is 5.26 Å². The molecule has 0 aliphatic heterocycles. The number of halogens is 3. The Bertz CT molecular complexity index is 323. The number of nitro groups is 1. The van der Waals surface area contributed by atoms with Crippen molar-refractivity contribution in [3.05, 3.63) is 10.1 Å². The second kappa shape index (κ2) is 5.29. The van der Waals surface area contributed by atoms with Gasteiger partial charge in [-0.25, -0.2) is 0 Å². The van der Waals surface area contributed by atoms with E-state index >= 15 is 0 Å². The van der Waals surface area contributed by atoms with E-state index < -0.39 is 35.4 Å². The first kappa shape index (κ1) is 14.2. The molecule has 0 spiro atoms. The molecule has 0 saturated carbocycles. The summed E-state index contributed by atoms with van der Waals surface area (Å²) in [5.74, 6) is -6.33. The van der Waals surface area contributed by atoms with E-state index in [1.807, 2.05) is 0 Å². The molecule has 0 N–H and O–H groups in total. The molecule has 2 unspecified atom stereocenters. The van der Waals surface area contributed by atoms with Crippen LogP contribution in [0.2, 0.25) is 0 Å². The van der Waals surface area contributed by atoms with Gasteiger partial charge in [-0.05, 0) is 0 Å². The third-order valence-electron chi connectivity index (χ3n) is 1.76. The fourth-order valence-electron chi connectivity index (χ4n) is 0.992. The molecule has 6 nitrogen and oxygen atoms in total. The van der Waals surface area contributed by atoms with Crippen LogP contribution in [-0.2, 0) is 9.53 Å². The summed E-state index contributed by atoms with van der Waals surface area (Å²) in [6.07, 6.45) is -5.01. The molecule has 90 valence electrons. The topological polar surface area (TPSA) is 93.2 Å². The quantitative estimate of drug-likeness (QED) is 0.410. The summed E-state index contributed by atoms with van der Waals surface area (Å²) < 4.78 is 41.0. The third-order valence-corrected chi connectivity index (χ3v) is 1.76. The summed E-state index contributed by atoms with van der Waals surface area (Å²) in [5, 5.41) is 18.4. The average molecular weight is 240 g/mol. The van der Waals surface area contributed by atoms with Gasteiger partial charge < -0.3 is 4.74 Å². The summed E-state index contributed by atoms with van der Waals surface area (Å²) >= 11 is 0. The molecule has 0 aromatic heterocycles. The molecule has 0 aliphatic carbocycles. The van der Waals surface area contributed by atoms with Crippen molar-refractivity contribution in [2.75, 3.05) is 13.7 Å². The van der Waals surface area contributed by atoms with Crippen LogP contribution in [0.4, 0.5) is 13.2 Å². The number of nitrogens with zero attached hydrogens (tertiary/aromatic N) is 2. The van der Waals surface area contributed by atoms with Crippen LogP contribution in [0.25, 0.3) is 0 Å². The van der Waals surface area contributed by atoms with Gasteiger partial charge >= 0.3 is 12.1 Å². The standard InChI is InChI=1S/C7H7F3N2O4/c1-16-6(13)4(2-11)5(3-12(14)15)7(8,9)10/h4-5H,3H2,1H3. The van der Waals surface area contributed by atoms with Gasteiger partial charge in [0, 0.05) is 4.92 Å². The van der Waals surface area contributed by atoms with Crippen molar-refractivity contribution in [1.82, 2.24) is 0 Å². The lowest BCUT2D eigenvalue weighted by Gasteiger charge is -2.19. The average Bonchev–Trinajstić information content (AvgIpc) is 2.15. The van der Waals surface area contributed by atoms with Crippen LogP contribution in [0.15, 0.2) is 0 Å². The van der Waals surface area contributed by atoms with Gasteiger partial charge in [0.05, 0.1) is 13.2 Å². The highest BCUT2D eigenvalue weighted by Crippen LogP contribution is 2.32. The van der Waals surface area contributed by atoms with E-state index in [4.69, 9.17) is 5.26 Å². The van der Waals surface area contributed by atoms with E-state index in [9.17, 15) is 28.1 Å². The minimum absolute atomic E-state index is 0.798. The molecule has 2 atom stereocenters. The first-order valence-electron chi connectivity index (χ1n) is 3.90. The molecule has 0 fully saturated rings. The zero-order valence-electron chi connectivity index (χ0n) is 8.02. The molecular formula is C7H7F3N2O4. The zero-order valence-corrected chi connectivity index (χ0v) is 8.02. The van der Waals surface area contributed by atoms with Gasteiger partial charge in [-0.3, -0.25) is 14.9 Å². The summed E-state index contributed by atoms with van der Waals surface area (Å²) in [4.78, 5) is 19.6.